The maximum Gasteiger partial charge on any atom is 0.472 e. The monoisotopic (exact) mass is 1160 g/mol. The minimum absolute atomic E-state index is 0.0775. The van der Waals surface area contributed by atoms with Gasteiger partial charge in [0.2, 0.25) is 5.91 Å². The van der Waals surface area contributed by atoms with E-state index >= 15 is 0 Å². The number of amides is 1. The summed E-state index contributed by atoms with van der Waals surface area (Å²) < 4.78 is 23.9. The smallest absolute Gasteiger partial charge is 0.391 e. The number of rotatable bonds is 67. The SMILES string of the molecule is CCCCCCC/C=C\C/C=C\C/C=C\CCCCCCCCCCCCCCCCCCCCCCCCCCCCC(=O)NC(COP(=O)(O)OCC[N+](C)(C)C)C(O)CCCCCCCCCCCCCCCCCCCC. The Labute approximate surface area is 506 Å². The number of aliphatic hydroxyl groups is 1. The van der Waals surface area contributed by atoms with Crippen LogP contribution in [-0.2, 0) is 18.4 Å². The molecule has 0 saturated heterocycles. The summed E-state index contributed by atoms with van der Waals surface area (Å²) in [7, 11) is 1.63. The van der Waals surface area contributed by atoms with Crippen molar-refractivity contribution in [2.45, 2.75) is 379 Å². The zero-order chi connectivity index (χ0) is 59.1. The number of nitrogens with one attached hydrogen (secondary N) is 1. The summed E-state index contributed by atoms with van der Waals surface area (Å²) in [5, 5.41) is 14.1. The molecule has 0 aliphatic heterocycles. The van der Waals surface area contributed by atoms with Gasteiger partial charge in [-0.2, -0.15) is 0 Å². The van der Waals surface area contributed by atoms with Gasteiger partial charge in [-0.25, -0.2) is 4.57 Å². The molecule has 8 nitrogen and oxygen atoms in total. The number of unbranched alkanes of at least 4 members (excludes halogenated alkanes) is 48. The number of hydrogen-bond donors (Lipinski definition) is 3. The van der Waals surface area contributed by atoms with Gasteiger partial charge in [-0.3, -0.25) is 13.8 Å². The van der Waals surface area contributed by atoms with Crippen molar-refractivity contribution in [1.29, 1.82) is 0 Å². The van der Waals surface area contributed by atoms with Crippen LogP contribution in [-0.4, -0.2) is 73.4 Å². The van der Waals surface area contributed by atoms with Gasteiger partial charge >= 0.3 is 7.82 Å². The van der Waals surface area contributed by atoms with Crippen LogP contribution in [0.4, 0.5) is 0 Å². The highest BCUT2D eigenvalue weighted by atomic mass is 31.2. The molecule has 480 valence electrons. The first-order valence-electron chi connectivity index (χ1n) is 35.9. The van der Waals surface area contributed by atoms with Crippen molar-refractivity contribution in [3.8, 4) is 0 Å². The lowest BCUT2D eigenvalue weighted by Crippen LogP contribution is -2.46. The Morgan fingerprint density at radius 3 is 1.02 bits per heavy atom. The number of carbonyl (C=O) groups excluding carboxylic acids is 1. The molecular weight excluding hydrogens is 1020 g/mol. The number of hydrogen-bond acceptors (Lipinski definition) is 5. The van der Waals surface area contributed by atoms with Crippen molar-refractivity contribution in [2.24, 2.45) is 0 Å². The topological polar surface area (TPSA) is 105 Å². The molecule has 0 aliphatic carbocycles. The lowest BCUT2D eigenvalue weighted by molar-refractivity contribution is -0.870. The zero-order valence-corrected chi connectivity index (χ0v) is 55.9. The van der Waals surface area contributed by atoms with Crippen LogP contribution < -0.4 is 5.32 Å². The average molecular weight is 1160 g/mol. The molecule has 0 rings (SSSR count). The number of nitrogens with zero attached hydrogens (tertiary/aromatic N) is 1. The first kappa shape index (κ1) is 79.7. The van der Waals surface area contributed by atoms with Gasteiger partial charge in [0.05, 0.1) is 39.9 Å². The van der Waals surface area contributed by atoms with Crippen LogP contribution in [0, 0.1) is 0 Å². The Morgan fingerprint density at radius 1 is 0.420 bits per heavy atom. The van der Waals surface area contributed by atoms with E-state index in [9.17, 15) is 19.4 Å². The van der Waals surface area contributed by atoms with Crippen molar-refractivity contribution in [3.63, 3.8) is 0 Å². The minimum Gasteiger partial charge on any atom is -0.391 e. The molecule has 0 bridgehead atoms. The number of carbonyl (C=O) groups is 1. The summed E-state index contributed by atoms with van der Waals surface area (Å²) in [5.41, 5.74) is 0. The summed E-state index contributed by atoms with van der Waals surface area (Å²) in [6.45, 7) is 4.93. The summed E-state index contributed by atoms with van der Waals surface area (Å²) in [6.07, 6.45) is 84.1. The lowest BCUT2D eigenvalue weighted by Gasteiger charge is -2.26. The van der Waals surface area contributed by atoms with Gasteiger partial charge in [0.15, 0.2) is 0 Å². The Hall–Kier alpha value is -1.28. The lowest BCUT2D eigenvalue weighted by atomic mass is 10.0. The maximum absolute atomic E-state index is 13.1. The highest BCUT2D eigenvalue weighted by molar-refractivity contribution is 7.47. The number of aliphatic hydroxyl groups excluding tert-OH is 1. The van der Waals surface area contributed by atoms with Crippen molar-refractivity contribution < 1.29 is 32.9 Å². The summed E-state index contributed by atoms with van der Waals surface area (Å²) in [4.78, 5) is 23.4. The standard InChI is InChI=1S/C72H141N2O6P/c1-6-8-10-12-14-16-18-20-22-24-26-27-28-29-30-31-32-33-34-35-36-37-38-39-40-41-42-43-44-45-46-47-48-50-52-54-56-58-60-62-64-66-72(76)73-70(69-80-81(77,78)79-68-67-74(3,4)5)71(75)65-63-61-59-57-55-53-51-49-25-23-21-19-17-15-13-11-9-7-2/h18,20,24,26,28-29,70-71,75H,6-17,19,21-23,25,27,30-69H2,1-5H3,(H-,73,76,77,78)/p+1/b20-18-,26-24-,29-28-. The predicted molar refractivity (Wildman–Crippen MR) is 355 cm³/mol. The third-order valence-corrected chi connectivity index (χ3v) is 17.6. The van der Waals surface area contributed by atoms with Crippen LogP contribution in [0.25, 0.3) is 0 Å². The number of phosphoric acid groups is 1. The molecule has 0 saturated carbocycles. The first-order chi connectivity index (χ1) is 39.5. The molecule has 1 amide bonds. The fraction of sp³-hybridized carbons (Fsp3) is 0.903. The summed E-state index contributed by atoms with van der Waals surface area (Å²) in [6, 6.07) is -0.759. The van der Waals surface area contributed by atoms with Crippen LogP contribution in [0.3, 0.4) is 0 Å². The number of phosphoric ester groups is 1. The number of quaternary nitrogens is 1. The second-order valence-electron chi connectivity index (χ2n) is 26.0. The molecule has 0 radical (unpaired) electrons. The van der Waals surface area contributed by atoms with Gasteiger partial charge in [-0.05, 0) is 51.4 Å². The molecule has 3 N–H and O–H groups in total. The van der Waals surface area contributed by atoms with Crippen molar-refractivity contribution in [2.75, 3.05) is 40.9 Å². The van der Waals surface area contributed by atoms with E-state index in [0.717, 1.165) is 51.4 Å². The van der Waals surface area contributed by atoms with Gasteiger partial charge in [-0.15, -0.1) is 0 Å². The zero-order valence-electron chi connectivity index (χ0n) is 55.1. The largest absolute Gasteiger partial charge is 0.472 e. The molecule has 0 aromatic heterocycles. The Kier molecular flexibility index (Phi) is 62.2. The van der Waals surface area contributed by atoms with Gasteiger partial charge in [0.1, 0.15) is 13.2 Å². The molecule has 0 fully saturated rings. The first-order valence-corrected chi connectivity index (χ1v) is 37.3. The molecule has 0 aliphatic rings. The van der Waals surface area contributed by atoms with Gasteiger partial charge in [0, 0.05) is 6.42 Å². The average Bonchev–Trinajstić information content (AvgIpc) is 3.43. The van der Waals surface area contributed by atoms with Crippen molar-refractivity contribution in [3.05, 3.63) is 36.5 Å². The molecule has 3 atom stereocenters. The molecular formula is C72H142N2O6P+. The van der Waals surface area contributed by atoms with E-state index < -0.39 is 20.0 Å². The highest BCUT2D eigenvalue weighted by Crippen LogP contribution is 2.43. The van der Waals surface area contributed by atoms with E-state index in [0.29, 0.717) is 23.9 Å². The van der Waals surface area contributed by atoms with Gasteiger partial charge < -0.3 is 19.8 Å². The maximum atomic E-state index is 13.1. The van der Waals surface area contributed by atoms with E-state index in [4.69, 9.17) is 9.05 Å². The second-order valence-corrected chi connectivity index (χ2v) is 27.4. The van der Waals surface area contributed by atoms with Crippen LogP contribution in [0.15, 0.2) is 36.5 Å². The van der Waals surface area contributed by atoms with E-state index in [1.54, 1.807) is 0 Å². The molecule has 81 heavy (non-hydrogen) atoms. The van der Waals surface area contributed by atoms with E-state index in [1.165, 1.54) is 289 Å². The third kappa shape index (κ3) is 66.1. The van der Waals surface area contributed by atoms with Gasteiger partial charge in [-0.1, -0.05) is 346 Å². The fourth-order valence-corrected chi connectivity index (χ4v) is 11.8. The summed E-state index contributed by atoms with van der Waals surface area (Å²) in [5.74, 6) is -0.136. The third-order valence-electron chi connectivity index (χ3n) is 16.6. The fourth-order valence-electron chi connectivity index (χ4n) is 11.1. The molecule has 9 heteroatoms. The highest BCUT2D eigenvalue weighted by Gasteiger charge is 2.28. The Bertz CT molecular complexity index is 1410. The number of likely N-dealkylation sites (N-methyl/N-ethyl adjacent to an activating group) is 1. The predicted octanol–water partition coefficient (Wildman–Crippen LogP) is 22.8. The molecule has 3 unspecified atom stereocenters. The van der Waals surface area contributed by atoms with Crippen LogP contribution in [0.2, 0.25) is 0 Å². The molecule has 0 aromatic carbocycles. The normalized spacial score (nSPS) is 13.8. The van der Waals surface area contributed by atoms with E-state index in [2.05, 4.69) is 55.6 Å². The van der Waals surface area contributed by atoms with Crippen molar-refractivity contribution in [1.82, 2.24) is 5.32 Å². The Balaban J connectivity index is 3.86. The molecule has 0 spiro atoms. The Morgan fingerprint density at radius 2 is 0.704 bits per heavy atom. The van der Waals surface area contributed by atoms with Crippen LogP contribution in [0.5, 0.6) is 0 Å². The summed E-state index contributed by atoms with van der Waals surface area (Å²) >= 11 is 0. The minimum atomic E-state index is -4.32. The van der Waals surface area contributed by atoms with Gasteiger partial charge in [0.25, 0.3) is 0 Å². The second kappa shape index (κ2) is 63.2. The van der Waals surface area contributed by atoms with E-state index in [1.807, 2.05) is 21.1 Å². The van der Waals surface area contributed by atoms with Crippen molar-refractivity contribution >= 4 is 13.7 Å². The number of allylic oxidation sites excluding steroid dienone is 6. The van der Waals surface area contributed by atoms with E-state index in [-0.39, 0.29) is 19.1 Å². The van der Waals surface area contributed by atoms with Crippen LogP contribution >= 0.6 is 7.82 Å². The molecule has 0 aromatic rings. The molecule has 0 heterocycles. The van der Waals surface area contributed by atoms with Crippen LogP contribution in [0.1, 0.15) is 367 Å². The quantitative estimate of drug-likeness (QED) is 0.0243.